The fourth-order valence-corrected chi connectivity index (χ4v) is 3.27. The molecule has 108 valence electrons. The van der Waals surface area contributed by atoms with E-state index >= 15 is 0 Å². The lowest BCUT2D eigenvalue weighted by Crippen LogP contribution is -2.59. The first-order valence-corrected chi connectivity index (χ1v) is 7.97. The second kappa shape index (κ2) is 6.29. The largest absolute Gasteiger partial charge is 0.329 e. The Morgan fingerprint density at radius 1 is 1.22 bits per heavy atom. The monoisotopic (exact) mass is 278 g/mol. The summed E-state index contributed by atoms with van der Waals surface area (Å²) >= 11 is 0. The van der Waals surface area contributed by atoms with Gasteiger partial charge in [0.1, 0.15) is 0 Å². The molecule has 0 radical (unpaired) electrons. The summed E-state index contributed by atoms with van der Waals surface area (Å²) in [7, 11) is -3.30. The van der Waals surface area contributed by atoms with Crippen LogP contribution in [0.15, 0.2) is 0 Å². The molecule has 0 aromatic rings. The molecule has 1 fully saturated rings. The summed E-state index contributed by atoms with van der Waals surface area (Å²) in [6.45, 7) is 9.73. The summed E-state index contributed by atoms with van der Waals surface area (Å²) in [5.74, 6) is 0. The van der Waals surface area contributed by atoms with Crippen LogP contribution in [-0.2, 0) is 10.2 Å². The van der Waals surface area contributed by atoms with Crippen LogP contribution in [-0.4, -0.2) is 62.4 Å². The molecule has 0 aliphatic carbocycles. The van der Waals surface area contributed by atoms with Gasteiger partial charge in [-0.2, -0.15) is 12.7 Å². The van der Waals surface area contributed by atoms with E-state index in [1.807, 2.05) is 6.92 Å². The van der Waals surface area contributed by atoms with E-state index in [0.29, 0.717) is 26.2 Å². The molecule has 6 nitrogen and oxygen atoms in total. The Morgan fingerprint density at radius 2 is 1.78 bits per heavy atom. The van der Waals surface area contributed by atoms with Gasteiger partial charge in [-0.15, -0.1) is 0 Å². The molecule has 1 heterocycles. The number of nitrogens with two attached hydrogens (primary N) is 1. The maximum absolute atomic E-state index is 11.9. The fourth-order valence-electron chi connectivity index (χ4n) is 1.99. The third-order valence-electron chi connectivity index (χ3n) is 3.47. The second-order valence-corrected chi connectivity index (χ2v) is 7.06. The van der Waals surface area contributed by atoms with E-state index in [1.54, 1.807) is 0 Å². The third kappa shape index (κ3) is 3.89. The van der Waals surface area contributed by atoms with Gasteiger partial charge in [-0.3, -0.25) is 4.90 Å². The van der Waals surface area contributed by atoms with Gasteiger partial charge >= 0.3 is 0 Å². The SMILES string of the molecule is CCCNS(=O)(=O)N1CCN(C(C)(C)CN)CC1. The lowest BCUT2D eigenvalue weighted by atomic mass is 10.0. The number of nitrogens with zero attached hydrogens (tertiary/aromatic N) is 2. The number of hydrogen-bond donors (Lipinski definition) is 2. The molecule has 1 aliphatic heterocycles. The molecule has 0 atom stereocenters. The van der Waals surface area contributed by atoms with Crippen molar-refractivity contribution >= 4 is 10.2 Å². The van der Waals surface area contributed by atoms with Crippen molar-refractivity contribution in [1.82, 2.24) is 13.9 Å². The van der Waals surface area contributed by atoms with Gasteiger partial charge in [-0.25, -0.2) is 4.72 Å². The highest BCUT2D eigenvalue weighted by Crippen LogP contribution is 2.16. The molecule has 0 aromatic carbocycles. The van der Waals surface area contributed by atoms with Crippen LogP contribution in [0.1, 0.15) is 27.2 Å². The first-order valence-electron chi connectivity index (χ1n) is 6.53. The van der Waals surface area contributed by atoms with Crippen LogP contribution < -0.4 is 10.5 Å². The highest BCUT2D eigenvalue weighted by Gasteiger charge is 2.32. The van der Waals surface area contributed by atoms with E-state index in [-0.39, 0.29) is 5.54 Å². The lowest BCUT2D eigenvalue weighted by molar-refractivity contribution is 0.0846. The van der Waals surface area contributed by atoms with Crippen molar-refractivity contribution in [3.05, 3.63) is 0 Å². The summed E-state index contributed by atoms with van der Waals surface area (Å²) in [5, 5.41) is 0. The van der Waals surface area contributed by atoms with Crippen LogP contribution in [0.2, 0.25) is 0 Å². The maximum atomic E-state index is 11.9. The zero-order valence-corrected chi connectivity index (χ0v) is 12.5. The molecule has 0 unspecified atom stereocenters. The molecule has 1 saturated heterocycles. The smallest absolute Gasteiger partial charge is 0.279 e. The average Bonchev–Trinajstić information content (AvgIpc) is 2.36. The molecule has 0 bridgehead atoms. The van der Waals surface area contributed by atoms with Gasteiger partial charge in [0.05, 0.1) is 0 Å². The quantitative estimate of drug-likeness (QED) is 0.692. The van der Waals surface area contributed by atoms with Gasteiger partial charge in [-0.05, 0) is 20.3 Å². The van der Waals surface area contributed by atoms with Crippen LogP contribution in [0.25, 0.3) is 0 Å². The number of hydrogen-bond acceptors (Lipinski definition) is 4. The van der Waals surface area contributed by atoms with Gasteiger partial charge < -0.3 is 5.73 Å². The highest BCUT2D eigenvalue weighted by molar-refractivity contribution is 7.87. The average molecular weight is 278 g/mol. The fraction of sp³-hybridized carbons (Fsp3) is 1.00. The number of piperazine rings is 1. The second-order valence-electron chi connectivity index (χ2n) is 5.30. The Morgan fingerprint density at radius 3 is 2.22 bits per heavy atom. The minimum absolute atomic E-state index is 0.0628. The molecule has 18 heavy (non-hydrogen) atoms. The summed E-state index contributed by atoms with van der Waals surface area (Å²) in [6, 6.07) is 0. The molecule has 1 rings (SSSR count). The molecule has 7 heteroatoms. The van der Waals surface area contributed by atoms with Crippen molar-refractivity contribution in [2.75, 3.05) is 39.3 Å². The van der Waals surface area contributed by atoms with Gasteiger partial charge in [0.2, 0.25) is 0 Å². The van der Waals surface area contributed by atoms with Crippen molar-refractivity contribution < 1.29 is 8.42 Å². The normalized spacial score (nSPS) is 20.2. The van der Waals surface area contributed by atoms with Crippen molar-refractivity contribution in [1.29, 1.82) is 0 Å². The van der Waals surface area contributed by atoms with E-state index in [1.165, 1.54) is 4.31 Å². The van der Waals surface area contributed by atoms with Crippen LogP contribution in [0.5, 0.6) is 0 Å². The Bertz CT molecular complexity index is 348. The summed E-state index contributed by atoms with van der Waals surface area (Å²) in [4.78, 5) is 2.25. The summed E-state index contributed by atoms with van der Waals surface area (Å²) in [5.41, 5.74) is 5.67. The van der Waals surface area contributed by atoms with Crippen molar-refractivity contribution in [2.24, 2.45) is 5.73 Å². The van der Waals surface area contributed by atoms with Crippen LogP contribution in [0.3, 0.4) is 0 Å². The minimum Gasteiger partial charge on any atom is -0.329 e. The Hall–Kier alpha value is -0.210. The predicted molar refractivity (Wildman–Crippen MR) is 73.5 cm³/mol. The molecular formula is C11H26N4O2S. The predicted octanol–water partition coefficient (Wildman–Crippen LogP) is -0.414. The number of rotatable bonds is 6. The van der Waals surface area contributed by atoms with E-state index < -0.39 is 10.2 Å². The molecule has 3 N–H and O–H groups in total. The highest BCUT2D eigenvalue weighted by atomic mass is 32.2. The van der Waals surface area contributed by atoms with E-state index in [4.69, 9.17) is 5.73 Å². The summed E-state index contributed by atoms with van der Waals surface area (Å²) < 4.78 is 28.0. The Labute approximate surface area is 111 Å². The maximum Gasteiger partial charge on any atom is 0.279 e. The zero-order valence-electron chi connectivity index (χ0n) is 11.6. The standard InChI is InChI=1S/C11H26N4O2S/c1-4-5-13-18(16,17)15-8-6-14(7-9-15)11(2,3)10-12/h13H,4-10,12H2,1-3H3. The van der Waals surface area contributed by atoms with Crippen molar-refractivity contribution in [2.45, 2.75) is 32.7 Å². The zero-order chi connectivity index (χ0) is 13.8. The van der Waals surface area contributed by atoms with Gasteiger partial charge in [0.15, 0.2) is 0 Å². The molecule has 0 saturated carbocycles. The number of nitrogens with one attached hydrogen (secondary N) is 1. The molecule has 1 aliphatic rings. The van der Waals surface area contributed by atoms with Crippen molar-refractivity contribution in [3.8, 4) is 0 Å². The molecule has 0 aromatic heterocycles. The first kappa shape index (κ1) is 15.8. The molecule has 0 spiro atoms. The lowest BCUT2D eigenvalue weighted by Gasteiger charge is -2.43. The van der Waals surface area contributed by atoms with Crippen LogP contribution in [0, 0.1) is 0 Å². The van der Waals surface area contributed by atoms with Crippen LogP contribution in [0.4, 0.5) is 0 Å². The van der Waals surface area contributed by atoms with Crippen molar-refractivity contribution in [3.63, 3.8) is 0 Å². The first-order chi connectivity index (χ1) is 8.33. The van der Waals surface area contributed by atoms with E-state index in [0.717, 1.165) is 19.5 Å². The third-order valence-corrected chi connectivity index (χ3v) is 5.08. The topological polar surface area (TPSA) is 78.7 Å². The Balaban J connectivity index is 2.54. The van der Waals surface area contributed by atoms with Gasteiger partial charge in [-0.1, -0.05) is 6.92 Å². The van der Waals surface area contributed by atoms with E-state index in [2.05, 4.69) is 23.5 Å². The van der Waals surface area contributed by atoms with Crippen LogP contribution >= 0.6 is 0 Å². The Kier molecular flexibility index (Phi) is 5.54. The summed E-state index contributed by atoms with van der Waals surface area (Å²) in [6.07, 6.45) is 0.805. The van der Waals surface area contributed by atoms with Gasteiger partial charge in [0.25, 0.3) is 10.2 Å². The van der Waals surface area contributed by atoms with Gasteiger partial charge in [0, 0.05) is 44.8 Å². The minimum atomic E-state index is -3.30. The molecular weight excluding hydrogens is 252 g/mol. The van der Waals surface area contributed by atoms with E-state index in [9.17, 15) is 8.42 Å². The molecule has 0 amide bonds.